The second-order valence-electron chi connectivity index (χ2n) is 13.0. The van der Waals surface area contributed by atoms with E-state index in [2.05, 4.69) is 49.9 Å². The zero-order chi connectivity index (χ0) is 33.0. The maximum atomic E-state index is 12.5. The molecule has 3 aromatic carbocycles. The van der Waals surface area contributed by atoms with Crippen LogP contribution in [0.15, 0.2) is 84.9 Å². The molecule has 10 heteroatoms. The van der Waals surface area contributed by atoms with Gasteiger partial charge < -0.3 is 28.1 Å². The zero-order valence-electron chi connectivity index (χ0n) is 27.6. The van der Waals surface area contributed by atoms with E-state index in [1.54, 1.807) is 7.11 Å². The summed E-state index contributed by atoms with van der Waals surface area (Å²) in [4.78, 5) is 27.2. The van der Waals surface area contributed by atoms with Gasteiger partial charge >= 0.3 is 11.9 Å². The van der Waals surface area contributed by atoms with E-state index in [4.69, 9.17) is 28.1 Å². The van der Waals surface area contributed by atoms with E-state index in [0.29, 0.717) is 26.2 Å². The molecule has 2 aliphatic heterocycles. The second kappa shape index (κ2) is 14.1. The maximum Gasteiger partial charge on any atom is 0.303 e. The van der Waals surface area contributed by atoms with Gasteiger partial charge in [-0.2, -0.15) is 0 Å². The Morgan fingerprint density at radius 3 is 2.00 bits per heavy atom. The number of hydrogen-bond acceptors (Lipinski definition) is 9. The first kappa shape index (κ1) is 33.8. The molecular weight excluding hydrogens is 602 g/mol. The lowest BCUT2D eigenvalue weighted by Crippen LogP contribution is -2.67. The summed E-state index contributed by atoms with van der Waals surface area (Å²) in [7, 11) is -1.32. The van der Waals surface area contributed by atoms with Gasteiger partial charge in [0.25, 0.3) is 8.32 Å². The summed E-state index contributed by atoms with van der Waals surface area (Å²) < 4.78 is 37.4. The number of morpholine rings is 1. The van der Waals surface area contributed by atoms with Crippen LogP contribution in [-0.2, 0) is 39.5 Å². The molecule has 2 aliphatic rings. The van der Waals surface area contributed by atoms with Crippen LogP contribution >= 0.6 is 0 Å². The van der Waals surface area contributed by atoms with E-state index in [9.17, 15) is 9.59 Å². The minimum Gasteiger partial charge on any atom is -0.497 e. The summed E-state index contributed by atoms with van der Waals surface area (Å²) >= 11 is 0. The number of carbonyl (C=O) groups is 2. The van der Waals surface area contributed by atoms with Crippen molar-refractivity contribution in [3.63, 3.8) is 0 Å². The number of rotatable bonds is 10. The van der Waals surface area contributed by atoms with Gasteiger partial charge in [-0.3, -0.25) is 14.5 Å². The number of hydrogen-bond donors (Lipinski definition) is 0. The normalized spacial score (nSPS) is 23.7. The van der Waals surface area contributed by atoms with Gasteiger partial charge in [0.1, 0.15) is 11.9 Å². The van der Waals surface area contributed by atoms with Gasteiger partial charge in [0, 0.05) is 26.9 Å². The van der Waals surface area contributed by atoms with Crippen molar-refractivity contribution in [2.24, 2.45) is 0 Å². The molecule has 0 aromatic heterocycles. The van der Waals surface area contributed by atoms with E-state index in [-0.39, 0.29) is 11.6 Å². The third-order valence-corrected chi connectivity index (χ3v) is 13.7. The van der Waals surface area contributed by atoms with Crippen LogP contribution in [0.5, 0.6) is 5.75 Å². The Kier molecular flexibility index (Phi) is 10.3. The molecule has 46 heavy (non-hydrogen) atoms. The van der Waals surface area contributed by atoms with E-state index in [1.165, 1.54) is 13.8 Å². The first-order valence-electron chi connectivity index (χ1n) is 15.7. The van der Waals surface area contributed by atoms with Crippen molar-refractivity contribution in [1.82, 2.24) is 4.90 Å². The topological polar surface area (TPSA) is 92.8 Å². The van der Waals surface area contributed by atoms with Crippen LogP contribution in [0.4, 0.5) is 0 Å². The van der Waals surface area contributed by atoms with Crippen molar-refractivity contribution in [3.05, 3.63) is 90.5 Å². The molecule has 2 fully saturated rings. The Balaban J connectivity index is 1.49. The van der Waals surface area contributed by atoms with Gasteiger partial charge in [-0.05, 0) is 33.1 Å². The van der Waals surface area contributed by atoms with Crippen LogP contribution in [0, 0.1) is 0 Å². The van der Waals surface area contributed by atoms with Crippen molar-refractivity contribution in [2.75, 3.05) is 33.4 Å². The second-order valence-corrected chi connectivity index (χ2v) is 17.3. The predicted octanol–water partition coefficient (Wildman–Crippen LogP) is 4.06. The molecule has 0 aliphatic carbocycles. The molecule has 0 unspecified atom stereocenters. The summed E-state index contributed by atoms with van der Waals surface area (Å²) in [5.41, 5.74) is 1.09. The summed E-state index contributed by atoms with van der Waals surface area (Å²) in [6, 6.07) is 28.5. The lowest BCUT2D eigenvalue weighted by atomic mass is 10.0. The number of nitrogens with zero attached hydrogens (tertiary/aromatic N) is 1. The van der Waals surface area contributed by atoms with Crippen molar-refractivity contribution in [1.29, 1.82) is 0 Å². The highest BCUT2D eigenvalue weighted by Crippen LogP contribution is 2.42. The summed E-state index contributed by atoms with van der Waals surface area (Å²) in [6.45, 7) is 11.3. The first-order chi connectivity index (χ1) is 22.0. The van der Waals surface area contributed by atoms with Gasteiger partial charge in [-0.25, -0.2) is 0 Å². The van der Waals surface area contributed by atoms with E-state index < -0.39 is 44.4 Å². The lowest BCUT2D eigenvalue weighted by molar-refractivity contribution is -0.289. The Morgan fingerprint density at radius 1 is 0.891 bits per heavy atom. The van der Waals surface area contributed by atoms with Crippen molar-refractivity contribution in [3.8, 4) is 5.75 Å². The lowest BCUT2D eigenvalue weighted by Gasteiger charge is -2.44. The fourth-order valence-corrected chi connectivity index (χ4v) is 11.3. The highest BCUT2D eigenvalue weighted by Gasteiger charge is 2.62. The quantitative estimate of drug-likeness (QED) is 0.239. The average molecular weight is 648 g/mol. The molecule has 246 valence electrons. The Labute approximate surface area is 272 Å². The van der Waals surface area contributed by atoms with Gasteiger partial charge in [-0.15, -0.1) is 0 Å². The molecule has 4 atom stereocenters. The van der Waals surface area contributed by atoms with Crippen molar-refractivity contribution in [2.45, 2.75) is 70.3 Å². The predicted molar refractivity (Wildman–Crippen MR) is 177 cm³/mol. The summed E-state index contributed by atoms with van der Waals surface area (Å²) in [5, 5.41) is 1.94. The zero-order valence-corrected chi connectivity index (χ0v) is 28.6. The number of esters is 2. The monoisotopic (exact) mass is 647 g/mol. The molecule has 0 amide bonds. The van der Waals surface area contributed by atoms with Crippen LogP contribution in [0.3, 0.4) is 0 Å². The van der Waals surface area contributed by atoms with Crippen LogP contribution in [0.25, 0.3) is 0 Å². The Bertz CT molecular complexity index is 1420. The fraction of sp³-hybridized carbons (Fsp3) is 0.444. The minimum atomic E-state index is -2.96. The van der Waals surface area contributed by atoms with E-state index in [1.807, 2.05) is 60.7 Å². The average Bonchev–Trinajstić information content (AvgIpc) is 3.27. The molecule has 2 heterocycles. The smallest absolute Gasteiger partial charge is 0.303 e. The highest BCUT2D eigenvalue weighted by molar-refractivity contribution is 6.99. The molecule has 0 radical (unpaired) electrons. The van der Waals surface area contributed by atoms with Crippen LogP contribution in [0.1, 0.15) is 40.2 Å². The van der Waals surface area contributed by atoms with Crippen LogP contribution < -0.4 is 15.1 Å². The molecule has 2 saturated heterocycles. The van der Waals surface area contributed by atoms with Gasteiger partial charge in [0.05, 0.1) is 26.9 Å². The van der Waals surface area contributed by atoms with Gasteiger partial charge in [-0.1, -0.05) is 93.6 Å². The molecule has 1 spiro atoms. The van der Waals surface area contributed by atoms with Crippen molar-refractivity contribution >= 4 is 30.6 Å². The van der Waals surface area contributed by atoms with E-state index >= 15 is 0 Å². The largest absolute Gasteiger partial charge is 0.497 e. The number of carbonyl (C=O) groups excluding carboxylic acids is 2. The van der Waals surface area contributed by atoms with Crippen LogP contribution in [-0.4, -0.2) is 82.7 Å². The molecular formula is C36H45NO8Si. The molecule has 9 nitrogen and oxygen atoms in total. The third-order valence-electron chi connectivity index (χ3n) is 8.69. The maximum absolute atomic E-state index is 12.5. The number of methoxy groups -OCH3 is 1. The Morgan fingerprint density at radius 2 is 1.48 bits per heavy atom. The van der Waals surface area contributed by atoms with Crippen molar-refractivity contribution < 1.29 is 37.7 Å². The SMILES string of the molecule is COc1ccc(CN2CCO[C@]3(C2)O[C@H](CO[Si](c2ccccc2)(c2ccccc2)C(C)(C)C)[C@H](OC(C)=O)[C@H]3OC(C)=O)cc1. The standard InChI is InChI=1S/C36H45NO8Si/c1-26(38)43-33-32(24-42-46(35(3,4)5,30-13-9-7-10-14-30)31-15-11-8-12-16-31)45-36(34(33)44-27(2)39)25-37(21-22-41-36)23-28-17-19-29(40-6)20-18-28/h7-20,32-34H,21-25H2,1-6H3/t32-,33+,34-,36-/m1/s1. The third kappa shape index (κ3) is 7.06. The van der Waals surface area contributed by atoms with Gasteiger partial charge in [0.15, 0.2) is 12.2 Å². The van der Waals surface area contributed by atoms with Crippen LogP contribution in [0.2, 0.25) is 5.04 Å². The summed E-state index contributed by atoms with van der Waals surface area (Å²) in [6.07, 6.45) is -2.71. The first-order valence-corrected chi connectivity index (χ1v) is 17.6. The fourth-order valence-electron chi connectivity index (χ4n) is 6.75. The summed E-state index contributed by atoms with van der Waals surface area (Å²) in [5.74, 6) is -1.61. The molecule has 0 N–H and O–H groups in total. The number of ether oxygens (including phenoxy) is 5. The van der Waals surface area contributed by atoms with E-state index in [0.717, 1.165) is 21.7 Å². The molecule has 0 saturated carbocycles. The highest BCUT2D eigenvalue weighted by atomic mass is 28.4. The molecule has 5 rings (SSSR count). The van der Waals surface area contributed by atoms with Gasteiger partial charge in [0.2, 0.25) is 5.79 Å². The molecule has 0 bridgehead atoms. The number of benzene rings is 3. The Hall–Kier alpha value is -3.54. The minimum absolute atomic E-state index is 0.0899. The molecule has 3 aromatic rings.